The van der Waals surface area contributed by atoms with Crippen molar-refractivity contribution in [2.24, 2.45) is 0 Å². The van der Waals surface area contributed by atoms with Crippen molar-refractivity contribution < 1.29 is 23.8 Å². The highest BCUT2D eigenvalue weighted by Crippen LogP contribution is 2.22. The van der Waals surface area contributed by atoms with Crippen molar-refractivity contribution in [1.82, 2.24) is 0 Å². The number of benzene rings is 2. The second-order valence-corrected chi connectivity index (χ2v) is 4.79. The Morgan fingerprint density at radius 3 is 1.35 bits per heavy atom. The summed E-state index contributed by atoms with van der Waals surface area (Å²) >= 11 is 0. The fourth-order valence-corrected chi connectivity index (χ4v) is 2.20. The van der Waals surface area contributed by atoms with Crippen molar-refractivity contribution in [3.63, 3.8) is 0 Å². The maximum atomic E-state index is 12.2. The monoisotopic (exact) mass is 314 g/mol. The Labute approximate surface area is 134 Å². The zero-order chi connectivity index (χ0) is 16.7. The van der Waals surface area contributed by atoms with Gasteiger partial charge in [-0.15, -0.1) is 0 Å². The van der Waals surface area contributed by atoms with Gasteiger partial charge in [-0.2, -0.15) is 0 Å². The summed E-state index contributed by atoms with van der Waals surface area (Å²) in [7, 11) is 2.77. The zero-order valence-electron chi connectivity index (χ0n) is 13.0. The van der Waals surface area contributed by atoms with Crippen LogP contribution in [-0.4, -0.2) is 26.2 Å². The maximum absolute atomic E-state index is 12.2. The average molecular weight is 314 g/mol. The van der Waals surface area contributed by atoms with E-state index in [4.69, 9.17) is 14.2 Å². The summed E-state index contributed by atoms with van der Waals surface area (Å²) < 4.78 is 15.2. The summed E-state index contributed by atoms with van der Waals surface area (Å²) in [5.74, 6) is -1.55. The van der Waals surface area contributed by atoms with Crippen molar-refractivity contribution in [1.29, 1.82) is 0 Å². The lowest BCUT2D eigenvalue weighted by Crippen LogP contribution is -2.25. The van der Waals surface area contributed by atoms with Crippen LogP contribution in [0.15, 0.2) is 60.7 Å². The van der Waals surface area contributed by atoms with E-state index in [9.17, 15) is 9.59 Å². The molecule has 120 valence electrons. The first kappa shape index (κ1) is 16.9. The fourth-order valence-electron chi connectivity index (χ4n) is 2.20. The molecule has 0 aromatic heterocycles. The van der Waals surface area contributed by atoms with Gasteiger partial charge in [0.2, 0.25) is 0 Å². The van der Waals surface area contributed by atoms with Crippen LogP contribution in [-0.2, 0) is 23.8 Å². The first-order chi connectivity index (χ1) is 11.2. The smallest absolute Gasteiger partial charge is 0.347 e. The molecule has 0 saturated heterocycles. The van der Waals surface area contributed by atoms with Gasteiger partial charge in [0.1, 0.15) is 0 Å². The van der Waals surface area contributed by atoms with Crippen LogP contribution >= 0.6 is 0 Å². The molecule has 0 radical (unpaired) electrons. The molecule has 0 bridgehead atoms. The summed E-state index contributed by atoms with van der Waals surface area (Å²) in [6.45, 7) is 0. The molecule has 0 fully saturated rings. The molecule has 0 aliphatic rings. The van der Waals surface area contributed by atoms with Crippen LogP contribution in [0.25, 0.3) is 0 Å². The standard InChI is InChI=1S/C18H18O5/c1-21-15(13-9-5-3-6-10-13)17(19)23-18(20)16(22-2)14-11-7-4-8-12-14/h3-12,15-16H,1-2H3. The molecule has 0 aliphatic carbocycles. The van der Waals surface area contributed by atoms with E-state index < -0.39 is 24.1 Å². The molecule has 0 aliphatic heterocycles. The zero-order valence-corrected chi connectivity index (χ0v) is 13.0. The molecule has 2 aromatic carbocycles. The molecular weight excluding hydrogens is 296 g/mol. The quantitative estimate of drug-likeness (QED) is 0.606. The Morgan fingerprint density at radius 1 is 0.696 bits per heavy atom. The van der Waals surface area contributed by atoms with E-state index in [1.54, 1.807) is 48.5 Å². The Balaban J connectivity index is 2.10. The summed E-state index contributed by atoms with van der Waals surface area (Å²) in [6.07, 6.45) is -1.93. The topological polar surface area (TPSA) is 61.8 Å². The number of esters is 2. The predicted octanol–water partition coefficient (Wildman–Crippen LogP) is 2.83. The van der Waals surface area contributed by atoms with Gasteiger partial charge in [0.05, 0.1) is 0 Å². The summed E-state index contributed by atoms with van der Waals surface area (Å²) in [6, 6.07) is 17.7. The predicted molar refractivity (Wildman–Crippen MR) is 83.5 cm³/mol. The van der Waals surface area contributed by atoms with E-state index >= 15 is 0 Å². The first-order valence-electron chi connectivity index (χ1n) is 7.08. The average Bonchev–Trinajstić information content (AvgIpc) is 2.58. The molecule has 2 unspecified atom stereocenters. The molecule has 5 nitrogen and oxygen atoms in total. The number of hydrogen-bond acceptors (Lipinski definition) is 5. The van der Waals surface area contributed by atoms with Crippen LogP contribution in [0.1, 0.15) is 23.3 Å². The largest absolute Gasteiger partial charge is 0.389 e. The van der Waals surface area contributed by atoms with Gasteiger partial charge in [-0.1, -0.05) is 60.7 Å². The number of rotatable bonds is 6. The van der Waals surface area contributed by atoms with Gasteiger partial charge < -0.3 is 14.2 Å². The first-order valence-corrected chi connectivity index (χ1v) is 7.08. The minimum absolute atomic E-state index is 0.612. The maximum Gasteiger partial charge on any atom is 0.347 e. The van der Waals surface area contributed by atoms with E-state index in [0.29, 0.717) is 11.1 Å². The lowest BCUT2D eigenvalue weighted by Gasteiger charge is -2.17. The van der Waals surface area contributed by atoms with Gasteiger partial charge in [-0.25, -0.2) is 9.59 Å². The number of ether oxygens (including phenoxy) is 3. The van der Waals surface area contributed by atoms with Gasteiger partial charge >= 0.3 is 11.9 Å². The molecule has 2 atom stereocenters. The third kappa shape index (κ3) is 4.25. The van der Waals surface area contributed by atoms with Crippen LogP contribution in [0.4, 0.5) is 0 Å². The van der Waals surface area contributed by atoms with E-state index in [1.165, 1.54) is 14.2 Å². The SMILES string of the molecule is COC(C(=O)OC(=O)C(OC)c1ccccc1)c1ccccc1. The van der Waals surface area contributed by atoms with Crippen LogP contribution in [0, 0.1) is 0 Å². The normalized spacial score (nSPS) is 13.1. The molecule has 5 heteroatoms. The van der Waals surface area contributed by atoms with Gasteiger partial charge in [0.15, 0.2) is 12.2 Å². The van der Waals surface area contributed by atoms with Crippen molar-refractivity contribution >= 4 is 11.9 Å². The van der Waals surface area contributed by atoms with E-state index in [-0.39, 0.29) is 0 Å². The number of carbonyl (C=O) groups excluding carboxylic acids is 2. The van der Waals surface area contributed by atoms with Crippen LogP contribution in [0.3, 0.4) is 0 Å². The van der Waals surface area contributed by atoms with Crippen LogP contribution in [0.5, 0.6) is 0 Å². The molecule has 0 N–H and O–H groups in total. The summed E-state index contributed by atoms with van der Waals surface area (Å²) in [5.41, 5.74) is 1.22. The van der Waals surface area contributed by atoms with Gasteiger partial charge in [0.25, 0.3) is 0 Å². The highest BCUT2D eigenvalue weighted by atomic mass is 16.6. The minimum Gasteiger partial charge on any atom is -0.389 e. The highest BCUT2D eigenvalue weighted by molar-refractivity contribution is 5.91. The molecular formula is C18H18O5. The number of hydrogen-bond donors (Lipinski definition) is 0. The number of methoxy groups -OCH3 is 2. The number of carbonyl (C=O) groups is 2. The molecule has 0 saturated carbocycles. The lowest BCUT2D eigenvalue weighted by atomic mass is 10.1. The fraction of sp³-hybridized carbons (Fsp3) is 0.222. The van der Waals surface area contributed by atoms with Crippen molar-refractivity contribution in [2.75, 3.05) is 14.2 Å². The Hall–Kier alpha value is -2.50. The minimum atomic E-state index is -0.964. The van der Waals surface area contributed by atoms with Gasteiger partial charge in [-0.3, -0.25) is 0 Å². The van der Waals surface area contributed by atoms with Gasteiger partial charge in [0, 0.05) is 14.2 Å². The molecule has 23 heavy (non-hydrogen) atoms. The van der Waals surface area contributed by atoms with Crippen LogP contribution < -0.4 is 0 Å². The lowest BCUT2D eigenvalue weighted by molar-refractivity contribution is -0.174. The molecule has 0 heterocycles. The molecule has 2 aromatic rings. The van der Waals surface area contributed by atoms with E-state index in [0.717, 1.165) is 0 Å². The Bertz CT molecular complexity index is 581. The third-order valence-corrected chi connectivity index (χ3v) is 3.31. The Kier molecular flexibility index (Phi) is 6.02. The van der Waals surface area contributed by atoms with E-state index in [1.807, 2.05) is 12.1 Å². The summed E-state index contributed by atoms with van der Waals surface area (Å²) in [5, 5.41) is 0. The van der Waals surface area contributed by atoms with Gasteiger partial charge in [-0.05, 0) is 11.1 Å². The van der Waals surface area contributed by atoms with E-state index in [2.05, 4.69) is 0 Å². The third-order valence-electron chi connectivity index (χ3n) is 3.31. The summed E-state index contributed by atoms with van der Waals surface area (Å²) in [4.78, 5) is 24.4. The van der Waals surface area contributed by atoms with Crippen molar-refractivity contribution in [2.45, 2.75) is 12.2 Å². The highest BCUT2D eigenvalue weighted by Gasteiger charge is 2.29. The van der Waals surface area contributed by atoms with Crippen molar-refractivity contribution in [3.05, 3.63) is 71.8 Å². The molecule has 0 spiro atoms. The molecule has 0 amide bonds. The second kappa shape index (κ2) is 8.22. The Morgan fingerprint density at radius 2 is 1.04 bits per heavy atom. The molecule has 2 rings (SSSR count). The second-order valence-electron chi connectivity index (χ2n) is 4.79. The van der Waals surface area contributed by atoms with Crippen molar-refractivity contribution in [3.8, 4) is 0 Å². The van der Waals surface area contributed by atoms with Crippen LogP contribution in [0.2, 0.25) is 0 Å².